The molecule has 5 rings (SSSR count). The third-order valence-electron chi connectivity index (χ3n) is 7.91. The van der Waals surface area contributed by atoms with E-state index in [9.17, 15) is 22.4 Å². The SMILES string of the molecule is CNC(=O)c1c(-c2ccc(F)cc2)oc2cc(N(CCOCCOCCOCc3ccc(C(=O)OC)cc3)S(C)(=O)=O)c(C3CC3)cc12. The lowest BCUT2D eigenvalue weighted by atomic mass is 10.0. The second kappa shape index (κ2) is 15.7. The molecule has 1 heterocycles. The highest BCUT2D eigenvalue weighted by Crippen LogP contribution is 2.48. The number of methoxy groups -OCH3 is 1. The second-order valence-corrected chi connectivity index (χ2v) is 13.3. The number of furan rings is 1. The highest BCUT2D eigenvalue weighted by molar-refractivity contribution is 7.92. The summed E-state index contributed by atoms with van der Waals surface area (Å²) in [5.74, 6) is -0.755. The molecule has 0 aliphatic heterocycles. The van der Waals surface area contributed by atoms with Crippen LogP contribution >= 0.6 is 0 Å². The van der Waals surface area contributed by atoms with Crippen molar-refractivity contribution in [3.05, 3.63) is 88.7 Å². The van der Waals surface area contributed by atoms with E-state index >= 15 is 0 Å². The molecule has 1 saturated carbocycles. The number of sulfonamides is 1. The van der Waals surface area contributed by atoms with Gasteiger partial charge in [-0.1, -0.05) is 12.1 Å². The zero-order valence-corrected chi connectivity index (χ0v) is 27.9. The minimum atomic E-state index is -3.71. The summed E-state index contributed by atoms with van der Waals surface area (Å²) in [5.41, 5.74) is 3.85. The van der Waals surface area contributed by atoms with Gasteiger partial charge in [-0.2, -0.15) is 0 Å². The number of nitrogens with zero attached hydrogens (tertiary/aromatic N) is 1. The Bertz CT molecular complexity index is 1840. The molecule has 1 aromatic heterocycles. The van der Waals surface area contributed by atoms with Gasteiger partial charge in [-0.05, 0) is 72.4 Å². The summed E-state index contributed by atoms with van der Waals surface area (Å²) in [6.45, 7) is 1.84. The summed E-state index contributed by atoms with van der Waals surface area (Å²) in [6, 6.07) is 16.1. The molecule has 0 spiro atoms. The molecule has 0 saturated heterocycles. The standard InChI is InChI=1S/C35H39FN2O9S/c1-37-34(39)32-29-20-28(24-8-9-24)30(21-31(29)47-33(32)25-10-12-27(36)13-11-25)38(48(3,41)42)14-15-44-16-17-45-18-19-46-22-23-4-6-26(7-5-23)35(40)43-2/h4-7,10-13,20-21,24H,8-9,14-19,22H2,1-3H3,(H,37,39). The van der Waals surface area contributed by atoms with Crippen molar-refractivity contribution in [3.8, 4) is 11.3 Å². The summed E-state index contributed by atoms with van der Waals surface area (Å²) in [7, 11) is -0.858. The van der Waals surface area contributed by atoms with Gasteiger partial charge in [0, 0.05) is 24.1 Å². The number of hydrogen-bond acceptors (Lipinski definition) is 9. The zero-order valence-electron chi connectivity index (χ0n) is 27.1. The molecule has 1 fully saturated rings. The zero-order chi connectivity index (χ0) is 34.3. The number of ether oxygens (including phenoxy) is 4. The van der Waals surface area contributed by atoms with E-state index in [1.54, 1.807) is 30.3 Å². The molecule has 0 atom stereocenters. The Morgan fingerprint density at radius 2 is 1.58 bits per heavy atom. The van der Waals surface area contributed by atoms with E-state index in [0.717, 1.165) is 30.2 Å². The summed E-state index contributed by atoms with van der Waals surface area (Å²) < 4.78 is 68.8. The first-order valence-corrected chi connectivity index (χ1v) is 17.4. The van der Waals surface area contributed by atoms with Crippen molar-refractivity contribution in [1.82, 2.24) is 5.32 Å². The number of anilines is 1. The third kappa shape index (κ3) is 8.58. The van der Waals surface area contributed by atoms with Crippen LogP contribution in [0.2, 0.25) is 0 Å². The quantitative estimate of drug-likeness (QED) is 0.117. The topological polar surface area (TPSA) is 134 Å². The number of rotatable bonds is 17. The van der Waals surface area contributed by atoms with Gasteiger partial charge in [0.2, 0.25) is 10.0 Å². The molecule has 1 amide bonds. The van der Waals surface area contributed by atoms with Gasteiger partial charge in [-0.25, -0.2) is 17.6 Å². The first-order chi connectivity index (χ1) is 23.1. The summed E-state index contributed by atoms with van der Waals surface area (Å²) in [5, 5.41) is 3.21. The van der Waals surface area contributed by atoms with Crippen molar-refractivity contribution < 1.29 is 45.8 Å². The van der Waals surface area contributed by atoms with Gasteiger partial charge in [0.1, 0.15) is 17.2 Å². The van der Waals surface area contributed by atoms with Crippen molar-refractivity contribution in [2.75, 3.05) is 64.3 Å². The molecule has 4 aromatic rings. The number of esters is 1. The van der Waals surface area contributed by atoms with Crippen molar-refractivity contribution >= 4 is 38.6 Å². The fourth-order valence-electron chi connectivity index (χ4n) is 5.34. The van der Waals surface area contributed by atoms with Crippen LogP contribution in [0, 0.1) is 5.82 Å². The van der Waals surface area contributed by atoms with Crippen LogP contribution in [-0.2, 0) is 35.6 Å². The molecule has 0 radical (unpaired) electrons. The molecule has 11 nitrogen and oxygen atoms in total. The predicted molar refractivity (Wildman–Crippen MR) is 178 cm³/mol. The number of hydrogen-bond donors (Lipinski definition) is 1. The fourth-order valence-corrected chi connectivity index (χ4v) is 6.26. The average Bonchev–Trinajstić information content (AvgIpc) is 3.86. The summed E-state index contributed by atoms with van der Waals surface area (Å²) >= 11 is 0. The lowest BCUT2D eigenvalue weighted by Crippen LogP contribution is -2.34. The van der Waals surface area contributed by atoms with Crippen molar-refractivity contribution in [3.63, 3.8) is 0 Å². The van der Waals surface area contributed by atoms with Crippen LogP contribution in [-0.4, -0.2) is 80.3 Å². The van der Waals surface area contributed by atoms with Crippen LogP contribution in [0.25, 0.3) is 22.3 Å². The fraction of sp³-hybridized carbons (Fsp3) is 0.371. The van der Waals surface area contributed by atoms with E-state index in [4.69, 9.17) is 23.4 Å². The van der Waals surface area contributed by atoms with Gasteiger partial charge in [0.25, 0.3) is 5.91 Å². The smallest absolute Gasteiger partial charge is 0.337 e. The number of benzene rings is 3. The van der Waals surface area contributed by atoms with Gasteiger partial charge in [-0.15, -0.1) is 0 Å². The minimum absolute atomic E-state index is 0.0652. The maximum atomic E-state index is 13.7. The van der Waals surface area contributed by atoms with E-state index in [0.29, 0.717) is 59.8 Å². The number of amides is 1. The first-order valence-electron chi connectivity index (χ1n) is 15.6. The van der Waals surface area contributed by atoms with Gasteiger partial charge < -0.3 is 28.7 Å². The average molecular weight is 683 g/mol. The van der Waals surface area contributed by atoms with Gasteiger partial charge >= 0.3 is 5.97 Å². The molecule has 0 unspecified atom stereocenters. The third-order valence-corrected chi connectivity index (χ3v) is 9.09. The Hall–Kier alpha value is -4.30. The van der Waals surface area contributed by atoms with Crippen LogP contribution in [0.15, 0.2) is 65.1 Å². The lowest BCUT2D eigenvalue weighted by Gasteiger charge is -2.25. The summed E-state index contributed by atoms with van der Waals surface area (Å²) in [4.78, 5) is 24.6. The van der Waals surface area contributed by atoms with E-state index in [-0.39, 0.29) is 37.3 Å². The molecule has 256 valence electrons. The van der Waals surface area contributed by atoms with Crippen molar-refractivity contribution in [1.29, 1.82) is 0 Å². The number of carbonyl (C=O) groups excluding carboxylic acids is 2. The van der Waals surface area contributed by atoms with Crippen LogP contribution < -0.4 is 9.62 Å². The maximum Gasteiger partial charge on any atom is 0.337 e. The molecule has 1 N–H and O–H groups in total. The second-order valence-electron chi connectivity index (χ2n) is 11.4. The predicted octanol–water partition coefficient (Wildman–Crippen LogP) is 5.28. The van der Waals surface area contributed by atoms with Gasteiger partial charge in [0.15, 0.2) is 0 Å². The minimum Gasteiger partial charge on any atom is -0.465 e. The number of carbonyl (C=O) groups is 2. The van der Waals surface area contributed by atoms with Gasteiger partial charge in [-0.3, -0.25) is 9.10 Å². The molecule has 48 heavy (non-hydrogen) atoms. The Kier molecular flexibility index (Phi) is 11.5. The molecule has 1 aliphatic carbocycles. The van der Waals surface area contributed by atoms with Crippen molar-refractivity contribution in [2.45, 2.75) is 25.4 Å². The monoisotopic (exact) mass is 682 g/mol. The normalized spacial score (nSPS) is 13.1. The van der Waals surface area contributed by atoms with E-state index < -0.39 is 21.8 Å². The Morgan fingerprint density at radius 1 is 0.938 bits per heavy atom. The van der Waals surface area contributed by atoms with Crippen LogP contribution in [0.4, 0.5) is 10.1 Å². The molecular formula is C35H39FN2O9S. The van der Waals surface area contributed by atoms with Crippen LogP contribution in [0.5, 0.6) is 0 Å². The molecule has 0 bridgehead atoms. The van der Waals surface area contributed by atoms with Crippen LogP contribution in [0.1, 0.15) is 50.6 Å². The number of nitrogens with one attached hydrogen (secondary N) is 1. The molecule has 13 heteroatoms. The van der Waals surface area contributed by atoms with Crippen LogP contribution in [0.3, 0.4) is 0 Å². The molecule has 3 aromatic carbocycles. The Morgan fingerprint density at radius 3 is 2.19 bits per heavy atom. The number of fused-ring (bicyclic) bond motifs is 1. The van der Waals surface area contributed by atoms with E-state index in [1.165, 1.54) is 42.7 Å². The Labute approximate surface area is 279 Å². The largest absolute Gasteiger partial charge is 0.465 e. The molecule has 1 aliphatic rings. The maximum absolute atomic E-state index is 13.7. The Balaban J connectivity index is 1.19. The van der Waals surface area contributed by atoms with Crippen molar-refractivity contribution in [2.24, 2.45) is 0 Å². The number of halogens is 1. The highest BCUT2D eigenvalue weighted by atomic mass is 32.2. The van der Waals surface area contributed by atoms with E-state index in [1.807, 2.05) is 6.07 Å². The molecular weight excluding hydrogens is 643 g/mol. The first kappa shape index (κ1) is 35.0. The van der Waals surface area contributed by atoms with Gasteiger partial charge in [0.05, 0.1) is 76.4 Å². The summed E-state index contributed by atoms with van der Waals surface area (Å²) in [6.07, 6.45) is 2.94. The highest BCUT2D eigenvalue weighted by Gasteiger charge is 2.33. The van der Waals surface area contributed by atoms with E-state index in [2.05, 4.69) is 5.32 Å². The lowest BCUT2D eigenvalue weighted by molar-refractivity contribution is 0.0120.